The number of carbonyl (C=O) groups is 1. The van der Waals surface area contributed by atoms with Gasteiger partial charge in [0.05, 0.1) is 5.56 Å². The summed E-state index contributed by atoms with van der Waals surface area (Å²) in [4.78, 5) is 11.3. The number of aryl methyl sites for hydroxylation is 1. The van der Waals surface area contributed by atoms with Crippen LogP contribution in [0.15, 0.2) is 18.2 Å². The van der Waals surface area contributed by atoms with Crippen LogP contribution < -0.4 is 5.32 Å². The molecule has 1 aromatic carbocycles. The van der Waals surface area contributed by atoms with Gasteiger partial charge in [0.2, 0.25) is 0 Å². The Bertz CT molecular complexity index is 421. The molecule has 0 unspecified atom stereocenters. The summed E-state index contributed by atoms with van der Waals surface area (Å²) in [6.45, 7) is 1.85. The van der Waals surface area contributed by atoms with E-state index >= 15 is 0 Å². The van der Waals surface area contributed by atoms with Crippen LogP contribution in [0, 0.1) is 6.92 Å². The van der Waals surface area contributed by atoms with E-state index in [2.05, 4.69) is 5.32 Å². The summed E-state index contributed by atoms with van der Waals surface area (Å²) in [5.41, 5.74) is 2.01. The van der Waals surface area contributed by atoms with Crippen molar-refractivity contribution >= 4 is 11.7 Å². The normalized spacial score (nSPS) is 17.2. The number of carboxylic acids is 1. The van der Waals surface area contributed by atoms with Crippen LogP contribution in [-0.4, -0.2) is 17.1 Å². The minimum atomic E-state index is -0.843. The molecule has 1 aromatic rings. The SMILES string of the molecule is Cc1cccc(NC2CCCCCC2)c1C(=O)O. The number of rotatable bonds is 3. The summed E-state index contributed by atoms with van der Waals surface area (Å²) in [5.74, 6) is -0.843. The Kier molecular flexibility index (Phi) is 4.24. The van der Waals surface area contributed by atoms with Gasteiger partial charge in [-0.3, -0.25) is 0 Å². The molecule has 1 fully saturated rings. The first-order chi connectivity index (χ1) is 8.68. The van der Waals surface area contributed by atoms with Crippen molar-refractivity contribution in [3.05, 3.63) is 29.3 Å². The fourth-order valence-corrected chi connectivity index (χ4v) is 2.72. The molecular formula is C15H21NO2. The molecule has 1 saturated carbocycles. The molecule has 0 radical (unpaired) electrons. The number of anilines is 1. The standard InChI is InChI=1S/C15H21NO2/c1-11-7-6-10-13(14(11)15(17)18)16-12-8-4-2-3-5-9-12/h6-7,10,12,16H,2-5,8-9H2,1H3,(H,17,18). The van der Waals surface area contributed by atoms with Crippen molar-refractivity contribution in [1.82, 2.24) is 0 Å². The molecule has 0 heterocycles. The van der Waals surface area contributed by atoms with Crippen molar-refractivity contribution in [2.24, 2.45) is 0 Å². The lowest BCUT2D eigenvalue weighted by molar-refractivity contribution is 0.0697. The van der Waals surface area contributed by atoms with E-state index in [0.717, 1.165) is 24.1 Å². The van der Waals surface area contributed by atoms with Crippen LogP contribution in [0.2, 0.25) is 0 Å². The smallest absolute Gasteiger partial charge is 0.338 e. The highest BCUT2D eigenvalue weighted by Gasteiger charge is 2.17. The second-order valence-electron chi connectivity index (χ2n) is 5.14. The quantitative estimate of drug-likeness (QED) is 0.798. The van der Waals surface area contributed by atoms with Gasteiger partial charge in [-0.1, -0.05) is 37.8 Å². The number of benzene rings is 1. The van der Waals surface area contributed by atoms with E-state index in [1.165, 1.54) is 25.7 Å². The van der Waals surface area contributed by atoms with E-state index < -0.39 is 5.97 Å². The van der Waals surface area contributed by atoms with Crippen LogP contribution in [0.1, 0.15) is 54.4 Å². The third kappa shape index (κ3) is 3.03. The molecule has 2 N–H and O–H groups in total. The molecule has 3 nitrogen and oxygen atoms in total. The van der Waals surface area contributed by atoms with Crippen LogP contribution in [0.4, 0.5) is 5.69 Å². The fraction of sp³-hybridized carbons (Fsp3) is 0.533. The zero-order valence-electron chi connectivity index (χ0n) is 10.9. The van der Waals surface area contributed by atoms with Gasteiger partial charge in [0.1, 0.15) is 0 Å². The maximum absolute atomic E-state index is 11.3. The number of nitrogens with one attached hydrogen (secondary N) is 1. The summed E-state index contributed by atoms with van der Waals surface area (Å²) in [7, 11) is 0. The van der Waals surface area contributed by atoms with Gasteiger partial charge in [-0.05, 0) is 31.4 Å². The number of aromatic carboxylic acids is 1. The molecule has 0 aromatic heterocycles. The van der Waals surface area contributed by atoms with E-state index in [-0.39, 0.29) is 0 Å². The molecule has 0 amide bonds. The number of carboxylic acid groups (broad SMARTS) is 1. The van der Waals surface area contributed by atoms with Gasteiger partial charge >= 0.3 is 5.97 Å². The third-order valence-corrected chi connectivity index (χ3v) is 3.70. The van der Waals surface area contributed by atoms with Gasteiger partial charge in [-0.25, -0.2) is 4.79 Å². The van der Waals surface area contributed by atoms with Crippen LogP contribution in [0.5, 0.6) is 0 Å². The monoisotopic (exact) mass is 247 g/mol. The van der Waals surface area contributed by atoms with E-state index in [4.69, 9.17) is 0 Å². The van der Waals surface area contributed by atoms with Gasteiger partial charge in [0.15, 0.2) is 0 Å². The van der Waals surface area contributed by atoms with E-state index in [1.54, 1.807) is 0 Å². The lowest BCUT2D eigenvalue weighted by Crippen LogP contribution is -2.20. The Labute approximate surface area is 108 Å². The van der Waals surface area contributed by atoms with Gasteiger partial charge in [0.25, 0.3) is 0 Å². The Morgan fingerprint density at radius 1 is 1.22 bits per heavy atom. The molecule has 0 atom stereocenters. The lowest BCUT2D eigenvalue weighted by Gasteiger charge is -2.19. The van der Waals surface area contributed by atoms with Gasteiger partial charge < -0.3 is 10.4 Å². The maximum Gasteiger partial charge on any atom is 0.338 e. The molecule has 0 saturated heterocycles. The van der Waals surface area contributed by atoms with Crippen LogP contribution in [0.3, 0.4) is 0 Å². The van der Waals surface area contributed by atoms with E-state index in [0.29, 0.717) is 11.6 Å². The van der Waals surface area contributed by atoms with Gasteiger partial charge in [-0.2, -0.15) is 0 Å². The molecule has 0 bridgehead atoms. The van der Waals surface area contributed by atoms with Crippen molar-refractivity contribution in [3.8, 4) is 0 Å². The topological polar surface area (TPSA) is 49.3 Å². The summed E-state index contributed by atoms with van der Waals surface area (Å²) < 4.78 is 0. The first kappa shape index (κ1) is 12.9. The van der Waals surface area contributed by atoms with Gasteiger partial charge in [0, 0.05) is 11.7 Å². The molecular weight excluding hydrogens is 226 g/mol. The molecule has 3 heteroatoms. The van der Waals surface area contributed by atoms with Gasteiger partial charge in [-0.15, -0.1) is 0 Å². The Morgan fingerprint density at radius 2 is 1.89 bits per heavy atom. The Hall–Kier alpha value is -1.51. The minimum Gasteiger partial charge on any atom is -0.478 e. The van der Waals surface area contributed by atoms with E-state index in [9.17, 15) is 9.90 Å². The second kappa shape index (κ2) is 5.89. The second-order valence-corrected chi connectivity index (χ2v) is 5.14. The average molecular weight is 247 g/mol. The zero-order valence-corrected chi connectivity index (χ0v) is 10.9. The van der Waals surface area contributed by atoms with Crippen molar-refractivity contribution in [2.75, 3.05) is 5.32 Å². The molecule has 1 aliphatic carbocycles. The summed E-state index contributed by atoms with van der Waals surface area (Å²) >= 11 is 0. The predicted molar refractivity (Wildman–Crippen MR) is 73.3 cm³/mol. The fourth-order valence-electron chi connectivity index (χ4n) is 2.72. The highest BCUT2D eigenvalue weighted by atomic mass is 16.4. The summed E-state index contributed by atoms with van der Waals surface area (Å²) in [6.07, 6.45) is 7.38. The molecule has 1 aliphatic rings. The zero-order chi connectivity index (χ0) is 13.0. The molecule has 98 valence electrons. The molecule has 18 heavy (non-hydrogen) atoms. The van der Waals surface area contributed by atoms with Crippen molar-refractivity contribution in [1.29, 1.82) is 0 Å². The predicted octanol–water partition coefficient (Wildman–Crippen LogP) is 3.83. The molecule has 0 spiro atoms. The average Bonchev–Trinajstić information content (AvgIpc) is 2.57. The minimum absolute atomic E-state index is 0.418. The largest absolute Gasteiger partial charge is 0.478 e. The molecule has 0 aliphatic heterocycles. The lowest BCUT2D eigenvalue weighted by atomic mass is 10.0. The van der Waals surface area contributed by atoms with Crippen LogP contribution in [-0.2, 0) is 0 Å². The first-order valence-corrected chi connectivity index (χ1v) is 6.78. The maximum atomic E-state index is 11.3. The highest BCUT2D eigenvalue weighted by Crippen LogP contribution is 2.25. The first-order valence-electron chi connectivity index (χ1n) is 6.78. The van der Waals surface area contributed by atoms with E-state index in [1.807, 2.05) is 25.1 Å². The van der Waals surface area contributed by atoms with Crippen molar-refractivity contribution in [3.63, 3.8) is 0 Å². The third-order valence-electron chi connectivity index (χ3n) is 3.70. The summed E-state index contributed by atoms with van der Waals surface area (Å²) in [5, 5.41) is 12.7. The Morgan fingerprint density at radius 3 is 2.50 bits per heavy atom. The summed E-state index contributed by atoms with van der Waals surface area (Å²) in [6, 6.07) is 6.07. The van der Waals surface area contributed by atoms with Crippen molar-refractivity contribution in [2.45, 2.75) is 51.5 Å². The molecule has 2 rings (SSSR count). The number of hydrogen-bond donors (Lipinski definition) is 2. The van der Waals surface area contributed by atoms with Crippen LogP contribution in [0.25, 0.3) is 0 Å². The highest BCUT2D eigenvalue weighted by molar-refractivity contribution is 5.95. The van der Waals surface area contributed by atoms with Crippen LogP contribution >= 0.6 is 0 Å². The Balaban J connectivity index is 2.17. The van der Waals surface area contributed by atoms with Crippen molar-refractivity contribution < 1.29 is 9.90 Å². The number of hydrogen-bond acceptors (Lipinski definition) is 2.